The Labute approximate surface area is 169 Å². The molecule has 1 aromatic heterocycles. The molecule has 0 fully saturated rings. The fraction of sp³-hybridized carbons (Fsp3) is 0.353. The number of guanidine groups is 1. The lowest BCUT2D eigenvalue weighted by atomic mass is 10.2. The molecule has 7 heteroatoms. The van der Waals surface area contributed by atoms with Crippen LogP contribution in [0.5, 0.6) is 5.75 Å². The number of nitrogens with zero attached hydrogens (tertiary/aromatic N) is 2. The smallest absolute Gasteiger partial charge is 0.191 e. The summed E-state index contributed by atoms with van der Waals surface area (Å²) in [5.74, 6) is 1.65. The zero-order chi connectivity index (χ0) is 16.7. The van der Waals surface area contributed by atoms with E-state index in [-0.39, 0.29) is 24.0 Å². The fourth-order valence-corrected chi connectivity index (χ4v) is 2.64. The van der Waals surface area contributed by atoms with Crippen molar-refractivity contribution in [1.29, 1.82) is 0 Å². The van der Waals surface area contributed by atoms with Crippen LogP contribution in [0.4, 0.5) is 0 Å². The van der Waals surface area contributed by atoms with Crippen LogP contribution < -0.4 is 15.4 Å². The van der Waals surface area contributed by atoms with Crippen molar-refractivity contribution >= 4 is 45.9 Å². The third-order valence-electron chi connectivity index (χ3n) is 3.35. The number of nitrogens with one attached hydrogen (secondary N) is 2. The predicted molar refractivity (Wildman–Crippen MR) is 113 cm³/mol. The average Bonchev–Trinajstić information content (AvgIpc) is 2.95. The van der Waals surface area contributed by atoms with E-state index in [9.17, 15) is 0 Å². The first-order chi connectivity index (χ1) is 11.1. The number of halogens is 2. The molecule has 0 aliphatic heterocycles. The van der Waals surface area contributed by atoms with Gasteiger partial charge in [-0.05, 0) is 36.8 Å². The van der Waals surface area contributed by atoms with Crippen molar-refractivity contribution in [2.45, 2.75) is 20.0 Å². The lowest BCUT2D eigenvalue weighted by Gasteiger charge is -2.13. The largest absolute Gasteiger partial charge is 0.496 e. The monoisotopic (exact) mass is 506 g/mol. The van der Waals surface area contributed by atoms with E-state index >= 15 is 0 Å². The van der Waals surface area contributed by atoms with E-state index in [1.807, 2.05) is 36.0 Å². The molecule has 0 aliphatic carbocycles. The Morgan fingerprint density at radius 3 is 2.71 bits per heavy atom. The second kappa shape index (κ2) is 10.6. The van der Waals surface area contributed by atoms with E-state index in [0.717, 1.165) is 28.3 Å². The zero-order valence-corrected chi connectivity index (χ0v) is 18.1. The lowest BCUT2D eigenvalue weighted by molar-refractivity contribution is 0.409. The summed E-state index contributed by atoms with van der Waals surface area (Å²) in [4.78, 5) is 4.62. The Bertz CT molecular complexity index is 672. The van der Waals surface area contributed by atoms with Crippen LogP contribution in [0.15, 0.2) is 46.1 Å². The summed E-state index contributed by atoms with van der Waals surface area (Å²) in [6.45, 7) is 4.16. The van der Waals surface area contributed by atoms with Gasteiger partial charge < -0.3 is 19.9 Å². The Kier molecular flexibility index (Phi) is 9.20. The normalized spacial score (nSPS) is 10.9. The van der Waals surface area contributed by atoms with Gasteiger partial charge in [0.05, 0.1) is 13.7 Å². The van der Waals surface area contributed by atoms with Gasteiger partial charge in [0.2, 0.25) is 0 Å². The second-order valence-corrected chi connectivity index (χ2v) is 6.11. The molecule has 2 N–H and O–H groups in total. The number of methoxy groups -OCH3 is 1. The van der Waals surface area contributed by atoms with Crippen LogP contribution in [0.3, 0.4) is 0 Å². The van der Waals surface area contributed by atoms with Gasteiger partial charge in [-0.25, -0.2) is 4.99 Å². The van der Waals surface area contributed by atoms with Gasteiger partial charge in [0, 0.05) is 42.6 Å². The molecule has 2 rings (SSSR count). The van der Waals surface area contributed by atoms with E-state index < -0.39 is 0 Å². The third kappa shape index (κ3) is 6.35. The first kappa shape index (κ1) is 20.8. The van der Waals surface area contributed by atoms with E-state index in [0.29, 0.717) is 13.1 Å². The van der Waals surface area contributed by atoms with Gasteiger partial charge in [-0.3, -0.25) is 0 Å². The number of aryl methyl sites for hydroxylation is 1. The van der Waals surface area contributed by atoms with Crippen LogP contribution in [0, 0.1) is 0 Å². The lowest BCUT2D eigenvalue weighted by Crippen LogP contribution is -2.36. The predicted octanol–water partition coefficient (Wildman–Crippen LogP) is 3.67. The molecular weight excluding hydrogens is 483 g/mol. The number of hydrogen-bond donors (Lipinski definition) is 2. The summed E-state index contributed by atoms with van der Waals surface area (Å²) >= 11 is 3.50. The summed E-state index contributed by atoms with van der Waals surface area (Å²) in [5.41, 5.74) is 2.26. The van der Waals surface area contributed by atoms with Gasteiger partial charge in [0.25, 0.3) is 0 Å². The molecule has 0 radical (unpaired) electrons. The molecule has 1 aromatic carbocycles. The van der Waals surface area contributed by atoms with Crippen molar-refractivity contribution < 1.29 is 4.74 Å². The average molecular weight is 507 g/mol. The Hall–Kier alpha value is -1.22. The number of hydrogen-bond acceptors (Lipinski definition) is 2. The summed E-state index contributed by atoms with van der Waals surface area (Å²) < 4.78 is 8.46. The Morgan fingerprint density at radius 1 is 1.29 bits per heavy atom. The molecule has 0 amide bonds. The van der Waals surface area contributed by atoms with Crippen molar-refractivity contribution in [3.63, 3.8) is 0 Å². The molecule has 24 heavy (non-hydrogen) atoms. The van der Waals surface area contributed by atoms with Crippen LogP contribution in [0.2, 0.25) is 0 Å². The molecule has 0 bridgehead atoms. The van der Waals surface area contributed by atoms with Gasteiger partial charge >= 0.3 is 0 Å². The number of ether oxygens (including phenoxy) is 1. The van der Waals surface area contributed by atoms with Gasteiger partial charge in [-0.1, -0.05) is 15.9 Å². The van der Waals surface area contributed by atoms with Crippen molar-refractivity contribution in [3.05, 3.63) is 52.3 Å². The highest BCUT2D eigenvalue weighted by Crippen LogP contribution is 2.22. The summed E-state index contributed by atoms with van der Waals surface area (Å²) in [7, 11) is 3.69. The van der Waals surface area contributed by atoms with E-state index in [1.165, 1.54) is 5.56 Å². The first-order valence-corrected chi connectivity index (χ1v) is 8.37. The van der Waals surface area contributed by atoms with Crippen molar-refractivity contribution in [3.8, 4) is 5.75 Å². The van der Waals surface area contributed by atoms with Gasteiger partial charge in [-0.15, -0.1) is 24.0 Å². The molecule has 2 aromatic rings. The highest BCUT2D eigenvalue weighted by Gasteiger charge is 2.05. The molecule has 5 nitrogen and oxygen atoms in total. The molecule has 0 unspecified atom stereocenters. The molecule has 1 heterocycles. The highest BCUT2D eigenvalue weighted by atomic mass is 127. The topological polar surface area (TPSA) is 50.6 Å². The minimum Gasteiger partial charge on any atom is -0.496 e. The molecular formula is C17H24BrIN4O. The minimum absolute atomic E-state index is 0. The molecule has 0 aliphatic rings. The van der Waals surface area contributed by atoms with Crippen molar-refractivity contribution in [2.75, 3.05) is 13.7 Å². The zero-order valence-electron chi connectivity index (χ0n) is 14.2. The van der Waals surface area contributed by atoms with Crippen LogP contribution in [0.25, 0.3) is 0 Å². The van der Waals surface area contributed by atoms with Gasteiger partial charge in [0.15, 0.2) is 5.96 Å². The Morgan fingerprint density at radius 2 is 2.08 bits per heavy atom. The quantitative estimate of drug-likeness (QED) is 0.357. The minimum atomic E-state index is 0. The van der Waals surface area contributed by atoms with Gasteiger partial charge in [-0.2, -0.15) is 0 Å². The number of rotatable bonds is 6. The Balaban J connectivity index is 0.00000288. The van der Waals surface area contributed by atoms with E-state index in [1.54, 1.807) is 7.11 Å². The standard InChI is InChI=1S/C17H23BrN4O.HI/c1-4-19-17(20-10-13-7-8-22(2)12-13)21-11-14-9-15(18)5-6-16(14)23-3;/h5-9,12H,4,10-11H2,1-3H3,(H2,19,20,21);1H. The number of aliphatic imine (C=N–C) groups is 1. The third-order valence-corrected chi connectivity index (χ3v) is 3.84. The number of aromatic nitrogens is 1. The molecule has 0 spiro atoms. The van der Waals surface area contributed by atoms with Crippen LogP contribution in [-0.4, -0.2) is 24.2 Å². The maximum Gasteiger partial charge on any atom is 0.191 e. The summed E-state index contributed by atoms with van der Waals surface area (Å²) in [6, 6.07) is 8.04. The van der Waals surface area contributed by atoms with Crippen molar-refractivity contribution in [2.24, 2.45) is 12.0 Å². The SMILES string of the molecule is CCNC(=NCc1ccn(C)c1)NCc1cc(Br)ccc1OC.I. The molecule has 132 valence electrons. The highest BCUT2D eigenvalue weighted by molar-refractivity contribution is 14.0. The summed E-state index contributed by atoms with van der Waals surface area (Å²) in [6.07, 6.45) is 4.10. The van der Waals surface area contributed by atoms with E-state index in [2.05, 4.69) is 50.7 Å². The van der Waals surface area contributed by atoms with Crippen LogP contribution >= 0.6 is 39.9 Å². The maximum absolute atomic E-state index is 5.40. The number of benzene rings is 1. The van der Waals surface area contributed by atoms with E-state index in [4.69, 9.17) is 4.74 Å². The van der Waals surface area contributed by atoms with Gasteiger partial charge in [0.1, 0.15) is 5.75 Å². The summed E-state index contributed by atoms with van der Waals surface area (Å²) in [5, 5.41) is 6.61. The van der Waals surface area contributed by atoms with Crippen LogP contribution in [0.1, 0.15) is 18.1 Å². The first-order valence-electron chi connectivity index (χ1n) is 7.57. The fourth-order valence-electron chi connectivity index (χ4n) is 2.23. The molecule has 0 atom stereocenters. The molecule has 0 saturated carbocycles. The second-order valence-electron chi connectivity index (χ2n) is 5.19. The van der Waals surface area contributed by atoms with Crippen molar-refractivity contribution in [1.82, 2.24) is 15.2 Å². The molecule has 0 saturated heterocycles. The maximum atomic E-state index is 5.40. The van der Waals surface area contributed by atoms with Crippen LogP contribution in [-0.2, 0) is 20.1 Å².